The number of morpholine rings is 1. The number of nitrogens with one attached hydrogen (secondary N) is 1. The number of anilines is 1. The largest absolute Gasteiger partial charge is 0.376 e. The standard InChI is InChI=1S/C17H23N5O/c1-18-17-14(3-2-7-20-17)11-22-9-10-23-16(12-22)5-4-15-6-8-19-13-21-15/h2-3,6-8,13,16H,4-5,9-12H2,1H3,(H,18,20)/t16-/m0/s1. The first-order chi connectivity index (χ1) is 11.3. The lowest BCUT2D eigenvalue weighted by atomic mass is 10.1. The molecule has 0 bridgehead atoms. The van der Waals surface area contributed by atoms with E-state index in [4.69, 9.17) is 4.74 Å². The fourth-order valence-corrected chi connectivity index (χ4v) is 2.91. The topological polar surface area (TPSA) is 63.2 Å². The Bertz CT molecular complexity index is 607. The van der Waals surface area contributed by atoms with Gasteiger partial charge in [-0.1, -0.05) is 6.07 Å². The zero-order chi connectivity index (χ0) is 15.9. The van der Waals surface area contributed by atoms with Gasteiger partial charge in [-0.2, -0.15) is 0 Å². The van der Waals surface area contributed by atoms with Crippen molar-refractivity contribution < 1.29 is 4.74 Å². The number of pyridine rings is 1. The molecule has 2 aromatic heterocycles. The van der Waals surface area contributed by atoms with Crippen LogP contribution in [0.1, 0.15) is 17.7 Å². The van der Waals surface area contributed by atoms with Crippen molar-refractivity contribution in [3.05, 3.63) is 48.2 Å². The van der Waals surface area contributed by atoms with Crippen molar-refractivity contribution in [1.29, 1.82) is 0 Å². The molecule has 0 amide bonds. The molecule has 3 heterocycles. The average Bonchev–Trinajstić information content (AvgIpc) is 2.62. The molecule has 122 valence electrons. The number of hydrogen-bond donors (Lipinski definition) is 1. The van der Waals surface area contributed by atoms with Crippen LogP contribution in [-0.2, 0) is 17.7 Å². The molecule has 6 heteroatoms. The molecule has 1 atom stereocenters. The zero-order valence-electron chi connectivity index (χ0n) is 13.5. The van der Waals surface area contributed by atoms with Gasteiger partial charge in [-0.05, 0) is 25.0 Å². The molecule has 3 rings (SSSR count). The third-order valence-electron chi connectivity index (χ3n) is 4.11. The van der Waals surface area contributed by atoms with Crippen LogP contribution in [0.5, 0.6) is 0 Å². The number of nitrogens with zero attached hydrogens (tertiary/aromatic N) is 4. The van der Waals surface area contributed by atoms with Crippen molar-refractivity contribution in [1.82, 2.24) is 19.9 Å². The predicted molar refractivity (Wildman–Crippen MR) is 89.2 cm³/mol. The maximum atomic E-state index is 5.91. The molecule has 0 aromatic carbocycles. The Labute approximate surface area is 136 Å². The number of aryl methyl sites for hydroxylation is 1. The molecule has 0 aliphatic carbocycles. The van der Waals surface area contributed by atoms with Crippen molar-refractivity contribution in [2.24, 2.45) is 0 Å². The molecule has 0 saturated carbocycles. The molecule has 1 N–H and O–H groups in total. The van der Waals surface area contributed by atoms with Crippen LogP contribution in [0.2, 0.25) is 0 Å². The Morgan fingerprint density at radius 3 is 3.09 bits per heavy atom. The van der Waals surface area contributed by atoms with Crippen LogP contribution < -0.4 is 5.32 Å². The summed E-state index contributed by atoms with van der Waals surface area (Å²) < 4.78 is 5.91. The monoisotopic (exact) mass is 313 g/mol. The van der Waals surface area contributed by atoms with Gasteiger partial charge in [0.15, 0.2) is 0 Å². The van der Waals surface area contributed by atoms with E-state index in [1.54, 1.807) is 12.5 Å². The molecular formula is C17H23N5O. The van der Waals surface area contributed by atoms with E-state index >= 15 is 0 Å². The summed E-state index contributed by atoms with van der Waals surface area (Å²) in [5.74, 6) is 0.955. The first-order valence-corrected chi connectivity index (χ1v) is 8.05. The Kier molecular flexibility index (Phi) is 5.50. The highest BCUT2D eigenvalue weighted by Crippen LogP contribution is 2.17. The summed E-state index contributed by atoms with van der Waals surface area (Å²) in [6.07, 6.45) is 7.38. The van der Waals surface area contributed by atoms with Gasteiger partial charge in [-0.15, -0.1) is 0 Å². The maximum absolute atomic E-state index is 5.91. The summed E-state index contributed by atoms with van der Waals surface area (Å²) in [4.78, 5) is 15.0. The van der Waals surface area contributed by atoms with Gasteiger partial charge in [0, 0.05) is 50.3 Å². The fourth-order valence-electron chi connectivity index (χ4n) is 2.91. The minimum atomic E-state index is 0.258. The van der Waals surface area contributed by atoms with Crippen LogP contribution in [0.4, 0.5) is 5.82 Å². The summed E-state index contributed by atoms with van der Waals surface area (Å²) in [5, 5.41) is 3.16. The Morgan fingerprint density at radius 2 is 2.26 bits per heavy atom. The normalized spacial score (nSPS) is 18.7. The summed E-state index contributed by atoms with van der Waals surface area (Å²) in [7, 11) is 1.91. The van der Waals surface area contributed by atoms with Crippen LogP contribution in [0, 0.1) is 0 Å². The van der Waals surface area contributed by atoms with Crippen LogP contribution in [-0.4, -0.2) is 52.7 Å². The molecule has 1 saturated heterocycles. The number of aromatic nitrogens is 3. The number of rotatable bonds is 6. The van der Waals surface area contributed by atoms with Gasteiger partial charge in [-0.25, -0.2) is 15.0 Å². The Balaban J connectivity index is 1.54. The summed E-state index contributed by atoms with van der Waals surface area (Å²) in [5.41, 5.74) is 2.30. The third-order valence-corrected chi connectivity index (χ3v) is 4.11. The van der Waals surface area contributed by atoms with E-state index in [0.29, 0.717) is 0 Å². The minimum absolute atomic E-state index is 0.258. The van der Waals surface area contributed by atoms with Gasteiger partial charge in [0.1, 0.15) is 12.1 Å². The van der Waals surface area contributed by atoms with E-state index in [-0.39, 0.29) is 6.10 Å². The van der Waals surface area contributed by atoms with Gasteiger partial charge < -0.3 is 10.1 Å². The molecule has 1 fully saturated rings. The smallest absolute Gasteiger partial charge is 0.130 e. The highest BCUT2D eigenvalue weighted by Gasteiger charge is 2.21. The molecule has 1 aliphatic heterocycles. The van der Waals surface area contributed by atoms with Crippen molar-refractivity contribution >= 4 is 5.82 Å². The second-order valence-corrected chi connectivity index (χ2v) is 5.73. The lowest BCUT2D eigenvalue weighted by Gasteiger charge is -2.33. The number of ether oxygens (including phenoxy) is 1. The zero-order valence-corrected chi connectivity index (χ0v) is 13.5. The van der Waals surface area contributed by atoms with Crippen molar-refractivity contribution in [3.8, 4) is 0 Å². The molecule has 0 radical (unpaired) electrons. The highest BCUT2D eigenvalue weighted by molar-refractivity contribution is 5.42. The second-order valence-electron chi connectivity index (χ2n) is 5.73. The van der Waals surface area contributed by atoms with E-state index in [1.165, 1.54) is 5.56 Å². The Hall–Kier alpha value is -2.05. The van der Waals surface area contributed by atoms with E-state index < -0.39 is 0 Å². The molecule has 0 spiro atoms. The van der Waals surface area contributed by atoms with E-state index in [2.05, 4.69) is 31.2 Å². The second kappa shape index (κ2) is 7.99. The van der Waals surface area contributed by atoms with Crippen molar-refractivity contribution in [3.63, 3.8) is 0 Å². The quantitative estimate of drug-likeness (QED) is 0.876. The molecule has 2 aromatic rings. The summed E-state index contributed by atoms with van der Waals surface area (Å²) in [6.45, 7) is 3.59. The van der Waals surface area contributed by atoms with Crippen molar-refractivity contribution in [2.45, 2.75) is 25.5 Å². The van der Waals surface area contributed by atoms with Crippen LogP contribution in [0.25, 0.3) is 0 Å². The van der Waals surface area contributed by atoms with Gasteiger partial charge in [0.05, 0.1) is 12.7 Å². The van der Waals surface area contributed by atoms with Crippen LogP contribution >= 0.6 is 0 Å². The van der Waals surface area contributed by atoms with Gasteiger partial charge in [-0.3, -0.25) is 4.90 Å². The third kappa shape index (κ3) is 4.46. The SMILES string of the molecule is CNc1ncccc1CN1CCO[C@@H](CCc2ccncn2)C1. The summed E-state index contributed by atoms with van der Waals surface area (Å²) in [6, 6.07) is 6.09. The molecular weight excluding hydrogens is 290 g/mol. The summed E-state index contributed by atoms with van der Waals surface area (Å²) >= 11 is 0. The van der Waals surface area contributed by atoms with Crippen LogP contribution in [0.15, 0.2) is 36.9 Å². The molecule has 0 unspecified atom stereocenters. The molecule has 1 aliphatic rings. The van der Waals surface area contributed by atoms with Gasteiger partial charge in [0.25, 0.3) is 0 Å². The lowest BCUT2D eigenvalue weighted by Crippen LogP contribution is -2.42. The van der Waals surface area contributed by atoms with Gasteiger partial charge in [0.2, 0.25) is 0 Å². The fraction of sp³-hybridized carbons (Fsp3) is 0.471. The first kappa shape index (κ1) is 15.8. The van der Waals surface area contributed by atoms with Gasteiger partial charge >= 0.3 is 0 Å². The highest BCUT2D eigenvalue weighted by atomic mass is 16.5. The van der Waals surface area contributed by atoms with E-state index in [0.717, 1.165) is 50.6 Å². The predicted octanol–water partition coefficient (Wildman–Crippen LogP) is 1.75. The molecule has 23 heavy (non-hydrogen) atoms. The Morgan fingerprint density at radius 1 is 1.30 bits per heavy atom. The van der Waals surface area contributed by atoms with E-state index in [9.17, 15) is 0 Å². The van der Waals surface area contributed by atoms with Crippen LogP contribution in [0.3, 0.4) is 0 Å². The number of hydrogen-bond acceptors (Lipinski definition) is 6. The van der Waals surface area contributed by atoms with E-state index in [1.807, 2.05) is 25.4 Å². The lowest BCUT2D eigenvalue weighted by molar-refractivity contribution is -0.0346. The van der Waals surface area contributed by atoms with Crippen molar-refractivity contribution in [2.75, 3.05) is 32.1 Å². The minimum Gasteiger partial charge on any atom is -0.376 e. The first-order valence-electron chi connectivity index (χ1n) is 8.05. The maximum Gasteiger partial charge on any atom is 0.130 e. The molecule has 6 nitrogen and oxygen atoms in total. The average molecular weight is 313 g/mol.